The minimum Gasteiger partial charge on any atom is -0.409 e. The van der Waals surface area contributed by atoms with Crippen LogP contribution in [0.3, 0.4) is 0 Å². The second-order valence-electron chi connectivity index (χ2n) is 4.29. The molecule has 6 heteroatoms. The molecule has 0 saturated heterocycles. The van der Waals surface area contributed by atoms with Crippen molar-refractivity contribution in [3.8, 4) is 0 Å². The molecular formula is C14H16N4O2. The maximum Gasteiger partial charge on any atom is 0.254 e. The molecule has 20 heavy (non-hydrogen) atoms. The maximum absolute atomic E-state index is 12.5. The Morgan fingerprint density at radius 3 is 2.85 bits per heavy atom. The summed E-state index contributed by atoms with van der Waals surface area (Å²) in [5.41, 5.74) is 6.79. The van der Waals surface area contributed by atoms with Gasteiger partial charge in [-0.05, 0) is 19.1 Å². The summed E-state index contributed by atoms with van der Waals surface area (Å²) in [6.07, 6.45) is 1.60. The van der Waals surface area contributed by atoms with E-state index in [0.717, 1.165) is 10.9 Å². The minimum absolute atomic E-state index is 0.00133. The molecular weight excluding hydrogens is 256 g/mol. The number of oxime groups is 1. The average Bonchev–Trinajstić information content (AvgIpc) is 2.51. The van der Waals surface area contributed by atoms with Gasteiger partial charge in [0, 0.05) is 18.1 Å². The third-order valence-electron chi connectivity index (χ3n) is 3.03. The van der Waals surface area contributed by atoms with Gasteiger partial charge in [0.1, 0.15) is 0 Å². The molecule has 1 amide bonds. The van der Waals surface area contributed by atoms with Crippen LogP contribution in [0.2, 0.25) is 0 Å². The van der Waals surface area contributed by atoms with Gasteiger partial charge in [-0.1, -0.05) is 23.4 Å². The number of para-hydroxylation sites is 1. The molecule has 2 aromatic rings. The van der Waals surface area contributed by atoms with Crippen LogP contribution in [-0.4, -0.2) is 39.9 Å². The van der Waals surface area contributed by atoms with Crippen molar-refractivity contribution in [2.24, 2.45) is 10.9 Å². The van der Waals surface area contributed by atoms with E-state index in [-0.39, 0.29) is 18.3 Å². The number of nitrogens with two attached hydrogens (primary N) is 1. The highest BCUT2D eigenvalue weighted by atomic mass is 16.4. The van der Waals surface area contributed by atoms with E-state index in [0.29, 0.717) is 12.1 Å². The second-order valence-corrected chi connectivity index (χ2v) is 4.29. The number of aromatic nitrogens is 1. The van der Waals surface area contributed by atoms with Crippen LogP contribution in [0.5, 0.6) is 0 Å². The first-order valence-corrected chi connectivity index (χ1v) is 6.26. The molecule has 6 nitrogen and oxygen atoms in total. The highest BCUT2D eigenvalue weighted by Crippen LogP contribution is 2.17. The number of nitrogens with zero attached hydrogens (tertiary/aromatic N) is 3. The van der Waals surface area contributed by atoms with Gasteiger partial charge in [0.2, 0.25) is 0 Å². The van der Waals surface area contributed by atoms with Crippen molar-refractivity contribution in [1.29, 1.82) is 0 Å². The van der Waals surface area contributed by atoms with Gasteiger partial charge < -0.3 is 15.8 Å². The Kier molecular flexibility index (Phi) is 4.14. The van der Waals surface area contributed by atoms with E-state index in [2.05, 4.69) is 10.1 Å². The van der Waals surface area contributed by atoms with E-state index in [9.17, 15) is 4.79 Å². The van der Waals surface area contributed by atoms with Crippen LogP contribution in [0.15, 0.2) is 41.7 Å². The smallest absolute Gasteiger partial charge is 0.254 e. The van der Waals surface area contributed by atoms with Crippen LogP contribution in [0.1, 0.15) is 17.3 Å². The molecule has 0 unspecified atom stereocenters. The van der Waals surface area contributed by atoms with Crippen LogP contribution < -0.4 is 5.73 Å². The number of pyridine rings is 1. The van der Waals surface area contributed by atoms with Crippen LogP contribution >= 0.6 is 0 Å². The number of benzene rings is 1. The fourth-order valence-corrected chi connectivity index (χ4v) is 2.01. The van der Waals surface area contributed by atoms with E-state index in [1.807, 2.05) is 31.2 Å². The highest BCUT2D eigenvalue weighted by molar-refractivity contribution is 6.06. The summed E-state index contributed by atoms with van der Waals surface area (Å²) in [4.78, 5) is 18.3. The zero-order valence-corrected chi connectivity index (χ0v) is 11.2. The number of amides is 1. The molecule has 1 aromatic heterocycles. The molecule has 0 saturated carbocycles. The largest absolute Gasteiger partial charge is 0.409 e. The molecule has 2 rings (SSSR count). The lowest BCUT2D eigenvalue weighted by Crippen LogP contribution is -2.38. The third-order valence-corrected chi connectivity index (χ3v) is 3.03. The monoisotopic (exact) mass is 272 g/mol. The summed E-state index contributed by atoms with van der Waals surface area (Å²) in [6, 6.07) is 9.12. The van der Waals surface area contributed by atoms with E-state index >= 15 is 0 Å². The number of hydrogen-bond acceptors (Lipinski definition) is 4. The minimum atomic E-state index is -0.169. The Morgan fingerprint density at radius 2 is 2.15 bits per heavy atom. The zero-order valence-electron chi connectivity index (χ0n) is 11.2. The van der Waals surface area contributed by atoms with Gasteiger partial charge in [0.05, 0.1) is 17.6 Å². The van der Waals surface area contributed by atoms with Crippen LogP contribution in [-0.2, 0) is 0 Å². The average molecular weight is 272 g/mol. The van der Waals surface area contributed by atoms with Crippen LogP contribution in [0.25, 0.3) is 10.9 Å². The molecule has 0 aliphatic heterocycles. The van der Waals surface area contributed by atoms with E-state index < -0.39 is 0 Å². The zero-order chi connectivity index (χ0) is 14.5. The fourth-order valence-electron chi connectivity index (χ4n) is 2.01. The number of fused-ring (bicyclic) bond motifs is 1. The number of likely N-dealkylation sites (N-methyl/N-ethyl adjacent to an activating group) is 1. The van der Waals surface area contributed by atoms with Crippen molar-refractivity contribution in [2.45, 2.75) is 6.92 Å². The molecule has 0 radical (unpaired) electrons. The van der Waals surface area contributed by atoms with E-state index in [4.69, 9.17) is 10.9 Å². The predicted octanol–water partition coefficient (Wildman–Crippen LogP) is 1.44. The number of rotatable bonds is 4. The summed E-state index contributed by atoms with van der Waals surface area (Å²) in [5.74, 6) is -0.170. The molecule has 104 valence electrons. The van der Waals surface area contributed by atoms with E-state index in [1.54, 1.807) is 12.3 Å². The molecule has 0 spiro atoms. The van der Waals surface area contributed by atoms with Gasteiger partial charge in [0.15, 0.2) is 5.84 Å². The molecule has 1 heterocycles. The number of carbonyl (C=O) groups is 1. The molecule has 0 atom stereocenters. The van der Waals surface area contributed by atoms with Crippen molar-refractivity contribution < 1.29 is 10.0 Å². The van der Waals surface area contributed by atoms with Crippen molar-refractivity contribution in [1.82, 2.24) is 9.88 Å². The molecule has 1 aromatic carbocycles. The molecule has 0 bridgehead atoms. The van der Waals surface area contributed by atoms with Crippen molar-refractivity contribution in [2.75, 3.05) is 13.1 Å². The molecule has 0 aliphatic rings. The molecule has 0 fully saturated rings. The van der Waals surface area contributed by atoms with Gasteiger partial charge in [-0.2, -0.15) is 0 Å². The first kappa shape index (κ1) is 13.8. The third kappa shape index (κ3) is 2.69. The van der Waals surface area contributed by atoms with Crippen molar-refractivity contribution >= 4 is 22.6 Å². The Labute approximate surface area is 116 Å². The lowest BCUT2D eigenvalue weighted by atomic mass is 10.1. The summed E-state index contributed by atoms with van der Waals surface area (Å²) >= 11 is 0. The number of hydrogen-bond donors (Lipinski definition) is 2. The first-order chi connectivity index (χ1) is 9.67. The summed E-state index contributed by atoms with van der Waals surface area (Å²) in [7, 11) is 0. The Hall–Kier alpha value is -2.63. The van der Waals surface area contributed by atoms with Crippen molar-refractivity contribution in [3.63, 3.8) is 0 Å². The SMILES string of the molecule is CCN(C/C(N)=N/O)C(=O)c1ccnc2ccccc12. The van der Waals surface area contributed by atoms with Gasteiger partial charge in [0.25, 0.3) is 5.91 Å². The second kappa shape index (κ2) is 6.01. The van der Waals surface area contributed by atoms with Gasteiger partial charge in [-0.3, -0.25) is 9.78 Å². The molecule has 0 aliphatic carbocycles. The summed E-state index contributed by atoms with van der Waals surface area (Å²) in [5, 5.41) is 12.3. The van der Waals surface area contributed by atoms with Gasteiger partial charge in [-0.25, -0.2) is 0 Å². The topological polar surface area (TPSA) is 91.8 Å². The van der Waals surface area contributed by atoms with Crippen LogP contribution in [0.4, 0.5) is 0 Å². The normalized spacial score (nSPS) is 11.6. The summed E-state index contributed by atoms with van der Waals surface area (Å²) in [6.45, 7) is 2.39. The maximum atomic E-state index is 12.5. The first-order valence-electron chi connectivity index (χ1n) is 6.26. The lowest BCUT2D eigenvalue weighted by Gasteiger charge is -2.20. The Morgan fingerprint density at radius 1 is 1.40 bits per heavy atom. The number of carbonyl (C=O) groups excluding carboxylic acids is 1. The van der Waals surface area contributed by atoms with Gasteiger partial charge in [-0.15, -0.1) is 0 Å². The van der Waals surface area contributed by atoms with E-state index in [1.165, 1.54) is 4.90 Å². The fraction of sp³-hybridized carbons (Fsp3) is 0.214. The predicted molar refractivity (Wildman–Crippen MR) is 76.7 cm³/mol. The quantitative estimate of drug-likeness (QED) is 0.381. The summed E-state index contributed by atoms with van der Waals surface area (Å²) < 4.78 is 0. The Bertz CT molecular complexity index is 649. The standard InChI is InChI=1S/C14H16N4O2/c1-2-18(9-13(15)17-20)14(19)11-7-8-16-12-6-4-3-5-10(11)12/h3-8,20H,2,9H2,1H3,(H2,15,17). The molecule has 3 N–H and O–H groups in total. The highest BCUT2D eigenvalue weighted by Gasteiger charge is 2.17. The Balaban J connectivity index is 2.39. The van der Waals surface area contributed by atoms with Gasteiger partial charge >= 0.3 is 0 Å². The lowest BCUT2D eigenvalue weighted by molar-refractivity contribution is 0.0788. The number of amidine groups is 1. The van der Waals surface area contributed by atoms with Crippen LogP contribution in [0, 0.1) is 0 Å². The van der Waals surface area contributed by atoms with Crippen molar-refractivity contribution in [3.05, 3.63) is 42.1 Å².